The topological polar surface area (TPSA) is 38.8 Å². The highest BCUT2D eigenvalue weighted by Crippen LogP contribution is 2.27. The Bertz CT molecular complexity index is 639. The summed E-state index contributed by atoms with van der Waals surface area (Å²) in [6, 6.07) is 17.6. The summed E-state index contributed by atoms with van der Waals surface area (Å²) in [5, 5.41) is 0. The van der Waals surface area contributed by atoms with Crippen molar-refractivity contribution in [1.29, 1.82) is 0 Å². The Hall–Kier alpha value is -2.49. The highest BCUT2D eigenvalue weighted by Gasteiger charge is 2.27. The molecule has 0 bridgehead atoms. The van der Waals surface area contributed by atoms with E-state index in [1.54, 1.807) is 7.11 Å². The van der Waals surface area contributed by atoms with Crippen LogP contribution < -0.4 is 9.47 Å². The minimum absolute atomic E-state index is 0.0410. The number of rotatable bonds is 5. The predicted octanol–water partition coefficient (Wildman–Crippen LogP) is 3.09. The molecule has 1 aliphatic rings. The molecular formula is C19H21NO3. The lowest BCUT2D eigenvalue weighted by molar-refractivity contribution is -0.132. The van der Waals surface area contributed by atoms with Gasteiger partial charge in [0.2, 0.25) is 0 Å². The van der Waals surface area contributed by atoms with Gasteiger partial charge in [0, 0.05) is 19.0 Å². The summed E-state index contributed by atoms with van der Waals surface area (Å²) in [6.07, 6.45) is 1.01. The van der Waals surface area contributed by atoms with Crippen LogP contribution in [-0.2, 0) is 4.79 Å². The molecule has 4 heteroatoms. The van der Waals surface area contributed by atoms with E-state index in [1.165, 1.54) is 5.56 Å². The maximum atomic E-state index is 12.3. The third-order valence-corrected chi connectivity index (χ3v) is 4.23. The van der Waals surface area contributed by atoms with Crippen LogP contribution in [0.2, 0.25) is 0 Å². The lowest BCUT2D eigenvalue weighted by Gasteiger charge is -2.17. The van der Waals surface area contributed by atoms with Gasteiger partial charge in [-0.05, 0) is 36.2 Å². The largest absolute Gasteiger partial charge is 0.497 e. The number of likely N-dealkylation sites (tertiary alicyclic amines) is 1. The minimum atomic E-state index is 0.0410. The number of ether oxygens (including phenoxy) is 2. The number of carbonyl (C=O) groups excluding carboxylic acids is 1. The van der Waals surface area contributed by atoms with Crippen LogP contribution in [0.4, 0.5) is 0 Å². The van der Waals surface area contributed by atoms with E-state index in [0.29, 0.717) is 11.7 Å². The summed E-state index contributed by atoms with van der Waals surface area (Å²) in [7, 11) is 1.62. The second kappa shape index (κ2) is 7.18. The average Bonchev–Trinajstić information content (AvgIpc) is 3.11. The Morgan fingerprint density at radius 3 is 2.48 bits per heavy atom. The van der Waals surface area contributed by atoms with Crippen molar-refractivity contribution < 1.29 is 14.3 Å². The molecule has 1 amide bonds. The van der Waals surface area contributed by atoms with Gasteiger partial charge in [-0.25, -0.2) is 0 Å². The molecular weight excluding hydrogens is 290 g/mol. The van der Waals surface area contributed by atoms with Crippen LogP contribution in [0.5, 0.6) is 11.5 Å². The lowest BCUT2D eigenvalue weighted by atomic mass is 9.99. The highest BCUT2D eigenvalue weighted by atomic mass is 16.5. The molecule has 23 heavy (non-hydrogen) atoms. The predicted molar refractivity (Wildman–Crippen MR) is 88.9 cm³/mol. The first-order chi connectivity index (χ1) is 11.3. The van der Waals surface area contributed by atoms with Crippen LogP contribution in [-0.4, -0.2) is 37.6 Å². The van der Waals surface area contributed by atoms with Gasteiger partial charge in [0.15, 0.2) is 6.61 Å². The number of benzene rings is 2. The zero-order valence-electron chi connectivity index (χ0n) is 13.3. The maximum Gasteiger partial charge on any atom is 0.260 e. The third kappa shape index (κ3) is 3.83. The summed E-state index contributed by atoms with van der Waals surface area (Å²) in [5.74, 6) is 1.92. The minimum Gasteiger partial charge on any atom is -0.497 e. The number of carbonyl (C=O) groups is 1. The molecule has 0 saturated carbocycles. The number of hydrogen-bond acceptors (Lipinski definition) is 3. The standard InChI is InChI=1S/C19H21NO3/c1-22-17-7-9-18(10-8-17)23-14-19(21)20-12-11-16(13-20)15-5-3-2-4-6-15/h2-10,16H,11-14H2,1H3/t16-/m0/s1. The Labute approximate surface area is 136 Å². The second-order valence-corrected chi connectivity index (χ2v) is 5.70. The molecule has 0 N–H and O–H groups in total. The van der Waals surface area contributed by atoms with Crippen LogP contribution >= 0.6 is 0 Å². The second-order valence-electron chi connectivity index (χ2n) is 5.70. The van der Waals surface area contributed by atoms with Crippen LogP contribution in [0.25, 0.3) is 0 Å². The van der Waals surface area contributed by atoms with Crippen molar-refractivity contribution in [2.45, 2.75) is 12.3 Å². The monoisotopic (exact) mass is 311 g/mol. The van der Waals surface area contributed by atoms with Crippen molar-refractivity contribution in [2.75, 3.05) is 26.8 Å². The average molecular weight is 311 g/mol. The highest BCUT2D eigenvalue weighted by molar-refractivity contribution is 5.78. The van der Waals surface area contributed by atoms with E-state index in [4.69, 9.17) is 9.47 Å². The first-order valence-electron chi connectivity index (χ1n) is 7.86. The maximum absolute atomic E-state index is 12.3. The zero-order valence-corrected chi connectivity index (χ0v) is 13.3. The SMILES string of the molecule is COc1ccc(OCC(=O)N2CC[C@H](c3ccccc3)C2)cc1. The Kier molecular flexibility index (Phi) is 4.81. The molecule has 1 saturated heterocycles. The van der Waals surface area contributed by atoms with E-state index in [-0.39, 0.29) is 12.5 Å². The van der Waals surface area contributed by atoms with E-state index in [2.05, 4.69) is 12.1 Å². The summed E-state index contributed by atoms with van der Waals surface area (Å²) >= 11 is 0. The van der Waals surface area contributed by atoms with Crippen LogP contribution in [0.1, 0.15) is 17.9 Å². The molecule has 3 rings (SSSR count). The Morgan fingerprint density at radius 1 is 1.09 bits per heavy atom. The van der Waals surface area contributed by atoms with Crippen molar-refractivity contribution in [3.8, 4) is 11.5 Å². The number of amides is 1. The molecule has 0 spiro atoms. The molecule has 0 unspecified atom stereocenters. The number of hydrogen-bond donors (Lipinski definition) is 0. The summed E-state index contributed by atoms with van der Waals surface area (Å²) in [4.78, 5) is 14.2. The first-order valence-corrected chi connectivity index (χ1v) is 7.86. The quantitative estimate of drug-likeness (QED) is 0.852. The summed E-state index contributed by atoms with van der Waals surface area (Å²) in [6.45, 7) is 1.65. The molecule has 1 fully saturated rings. The van der Waals surface area contributed by atoms with Gasteiger partial charge in [0.05, 0.1) is 7.11 Å². The molecule has 0 radical (unpaired) electrons. The molecule has 4 nitrogen and oxygen atoms in total. The fraction of sp³-hybridized carbons (Fsp3) is 0.316. The van der Waals surface area contributed by atoms with Gasteiger partial charge in [-0.2, -0.15) is 0 Å². The van der Waals surface area contributed by atoms with Crippen molar-refractivity contribution >= 4 is 5.91 Å². The molecule has 2 aromatic rings. The van der Waals surface area contributed by atoms with Gasteiger partial charge in [0.1, 0.15) is 11.5 Å². The fourth-order valence-corrected chi connectivity index (χ4v) is 2.89. The lowest BCUT2D eigenvalue weighted by Crippen LogP contribution is -2.32. The fourth-order valence-electron chi connectivity index (χ4n) is 2.89. The molecule has 1 heterocycles. The van der Waals surface area contributed by atoms with Gasteiger partial charge < -0.3 is 14.4 Å². The van der Waals surface area contributed by atoms with Crippen molar-refractivity contribution in [2.24, 2.45) is 0 Å². The first kappa shape index (κ1) is 15.4. The molecule has 1 atom stereocenters. The number of nitrogens with zero attached hydrogens (tertiary/aromatic N) is 1. The van der Waals surface area contributed by atoms with Crippen molar-refractivity contribution in [1.82, 2.24) is 4.90 Å². The van der Waals surface area contributed by atoms with E-state index < -0.39 is 0 Å². The Balaban J connectivity index is 1.51. The van der Waals surface area contributed by atoms with E-state index in [0.717, 1.165) is 25.3 Å². The van der Waals surface area contributed by atoms with Crippen LogP contribution in [0.3, 0.4) is 0 Å². The van der Waals surface area contributed by atoms with Crippen molar-refractivity contribution in [3.05, 3.63) is 60.2 Å². The molecule has 2 aromatic carbocycles. The van der Waals surface area contributed by atoms with Crippen molar-refractivity contribution in [3.63, 3.8) is 0 Å². The van der Waals surface area contributed by atoms with E-state index in [9.17, 15) is 4.79 Å². The van der Waals surface area contributed by atoms with Gasteiger partial charge in [-0.1, -0.05) is 30.3 Å². The van der Waals surface area contributed by atoms with Crippen LogP contribution in [0, 0.1) is 0 Å². The molecule has 0 aromatic heterocycles. The third-order valence-electron chi connectivity index (χ3n) is 4.23. The van der Waals surface area contributed by atoms with Gasteiger partial charge in [-0.3, -0.25) is 4.79 Å². The molecule has 120 valence electrons. The van der Waals surface area contributed by atoms with Crippen LogP contribution in [0.15, 0.2) is 54.6 Å². The summed E-state index contributed by atoms with van der Waals surface area (Å²) in [5.41, 5.74) is 1.30. The summed E-state index contributed by atoms with van der Waals surface area (Å²) < 4.78 is 10.7. The van der Waals surface area contributed by atoms with E-state index in [1.807, 2.05) is 47.4 Å². The Morgan fingerprint density at radius 2 is 1.78 bits per heavy atom. The smallest absolute Gasteiger partial charge is 0.260 e. The number of methoxy groups -OCH3 is 1. The normalized spacial score (nSPS) is 17.1. The molecule has 1 aliphatic heterocycles. The molecule has 0 aliphatic carbocycles. The van der Waals surface area contributed by atoms with Gasteiger partial charge in [-0.15, -0.1) is 0 Å². The zero-order chi connectivity index (χ0) is 16.1. The van der Waals surface area contributed by atoms with E-state index >= 15 is 0 Å². The van der Waals surface area contributed by atoms with Gasteiger partial charge >= 0.3 is 0 Å². The van der Waals surface area contributed by atoms with Gasteiger partial charge in [0.25, 0.3) is 5.91 Å².